The van der Waals surface area contributed by atoms with Gasteiger partial charge in [-0.1, -0.05) is 12.1 Å². The summed E-state index contributed by atoms with van der Waals surface area (Å²) in [5.74, 6) is 0.0133. The molecule has 0 aromatic heterocycles. The smallest absolute Gasteiger partial charge is 0.246 e. The second kappa shape index (κ2) is 6.49. The van der Waals surface area contributed by atoms with Crippen LogP contribution in [0.1, 0.15) is 25.0 Å². The highest BCUT2D eigenvalue weighted by molar-refractivity contribution is 5.91. The minimum atomic E-state index is 0.0133. The molecule has 0 heterocycles. The molecule has 0 aliphatic rings. The lowest BCUT2D eigenvalue weighted by Crippen LogP contribution is -2.28. The largest absolute Gasteiger partial charge is 0.340 e. The van der Waals surface area contributed by atoms with Gasteiger partial charge in [0, 0.05) is 19.2 Å². The molecular weight excluding hydrogens is 212 g/mol. The maximum Gasteiger partial charge on any atom is 0.246 e. The summed E-state index contributed by atoms with van der Waals surface area (Å²) in [5.41, 5.74) is 1.54. The zero-order valence-corrected chi connectivity index (χ0v) is 10.2. The van der Waals surface area contributed by atoms with Crippen LogP contribution in [0.5, 0.6) is 0 Å². The van der Waals surface area contributed by atoms with Crippen LogP contribution in [0.4, 0.5) is 0 Å². The number of benzene rings is 1. The number of carbonyl (C=O) groups excluding carboxylic acids is 1. The maximum atomic E-state index is 11.7. The van der Waals surface area contributed by atoms with Crippen molar-refractivity contribution in [3.8, 4) is 6.07 Å². The molecule has 1 rings (SSSR count). The van der Waals surface area contributed by atoms with Gasteiger partial charge in [-0.15, -0.1) is 0 Å². The third-order valence-electron chi connectivity index (χ3n) is 2.53. The predicted molar refractivity (Wildman–Crippen MR) is 68.1 cm³/mol. The normalized spacial score (nSPS) is 10.2. The lowest BCUT2D eigenvalue weighted by molar-refractivity contribution is -0.125. The highest BCUT2D eigenvalue weighted by atomic mass is 16.2. The first-order valence-corrected chi connectivity index (χ1v) is 5.68. The van der Waals surface area contributed by atoms with Crippen molar-refractivity contribution >= 4 is 12.0 Å². The van der Waals surface area contributed by atoms with Gasteiger partial charge in [0.25, 0.3) is 0 Å². The number of hydrogen-bond donors (Lipinski definition) is 0. The highest BCUT2D eigenvalue weighted by Gasteiger charge is 2.04. The number of nitrogens with zero attached hydrogens (tertiary/aromatic N) is 2. The summed E-state index contributed by atoms with van der Waals surface area (Å²) >= 11 is 0. The van der Waals surface area contributed by atoms with Crippen molar-refractivity contribution in [1.29, 1.82) is 5.26 Å². The zero-order chi connectivity index (χ0) is 12.7. The summed E-state index contributed by atoms with van der Waals surface area (Å²) in [6.45, 7) is 5.34. The van der Waals surface area contributed by atoms with E-state index >= 15 is 0 Å². The van der Waals surface area contributed by atoms with Crippen LogP contribution in [0, 0.1) is 11.3 Å². The molecule has 0 N–H and O–H groups in total. The quantitative estimate of drug-likeness (QED) is 0.743. The van der Waals surface area contributed by atoms with E-state index < -0.39 is 0 Å². The number of rotatable bonds is 4. The predicted octanol–water partition coefficient (Wildman–Crippen LogP) is 2.44. The van der Waals surface area contributed by atoms with Crippen molar-refractivity contribution in [3.63, 3.8) is 0 Å². The molecule has 0 bridgehead atoms. The molecule has 1 aromatic rings. The average molecular weight is 228 g/mol. The van der Waals surface area contributed by atoms with Crippen molar-refractivity contribution in [2.45, 2.75) is 13.8 Å². The van der Waals surface area contributed by atoms with Gasteiger partial charge in [-0.3, -0.25) is 4.79 Å². The van der Waals surface area contributed by atoms with Crippen LogP contribution in [0.3, 0.4) is 0 Å². The van der Waals surface area contributed by atoms with Crippen molar-refractivity contribution in [2.24, 2.45) is 0 Å². The Morgan fingerprint density at radius 3 is 2.35 bits per heavy atom. The maximum absolute atomic E-state index is 11.7. The minimum Gasteiger partial charge on any atom is -0.340 e. The van der Waals surface area contributed by atoms with Crippen molar-refractivity contribution in [1.82, 2.24) is 4.90 Å². The molecule has 0 spiro atoms. The van der Waals surface area contributed by atoms with Crippen LogP contribution < -0.4 is 0 Å². The van der Waals surface area contributed by atoms with Gasteiger partial charge >= 0.3 is 0 Å². The molecule has 3 heteroatoms. The third-order valence-corrected chi connectivity index (χ3v) is 2.53. The summed E-state index contributed by atoms with van der Waals surface area (Å²) < 4.78 is 0. The molecule has 1 aromatic carbocycles. The summed E-state index contributed by atoms with van der Waals surface area (Å²) in [6.07, 6.45) is 3.33. The fourth-order valence-electron chi connectivity index (χ4n) is 1.48. The Labute approximate surface area is 102 Å². The molecule has 1 amide bonds. The molecule has 3 nitrogen and oxygen atoms in total. The van der Waals surface area contributed by atoms with Crippen LogP contribution in [0.25, 0.3) is 6.08 Å². The van der Waals surface area contributed by atoms with E-state index in [0.29, 0.717) is 18.7 Å². The summed E-state index contributed by atoms with van der Waals surface area (Å²) in [5, 5.41) is 8.65. The average Bonchev–Trinajstić information content (AvgIpc) is 2.38. The summed E-state index contributed by atoms with van der Waals surface area (Å²) in [6, 6.07) is 9.18. The molecule has 0 saturated carbocycles. The first-order valence-electron chi connectivity index (χ1n) is 5.68. The van der Waals surface area contributed by atoms with Gasteiger partial charge in [-0.25, -0.2) is 0 Å². The Morgan fingerprint density at radius 2 is 1.88 bits per heavy atom. The Morgan fingerprint density at radius 1 is 1.29 bits per heavy atom. The van der Waals surface area contributed by atoms with Gasteiger partial charge in [-0.2, -0.15) is 5.26 Å². The first-order chi connectivity index (χ1) is 8.21. The van der Waals surface area contributed by atoms with E-state index in [4.69, 9.17) is 5.26 Å². The van der Waals surface area contributed by atoms with Gasteiger partial charge in [0.2, 0.25) is 5.91 Å². The number of amides is 1. The first kappa shape index (κ1) is 13.0. The number of likely N-dealkylation sites (N-methyl/N-ethyl adjacent to an activating group) is 1. The van der Waals surface area contributed by atoms with Gasteiger partial charge in [0.1, 0.15) is 0 Å². The van der Waals surface area contributed by atoms with E-state index in [1.165, 1.54) is 0 Å². The van der Waals surface area contributed by atoms with E-state index in [-0.39, 0.29) is 5.91 Å². The lowest BCUT2D eigenvalue weighted by Gasteiger charge is -2.15. The molecule has 0 unspecified atom stereocenters. The van der Waals surface area contributed by atoms with E-state index in [2.05, 4.69) is 6.07 Å². The molecule has 17 heavy (non-hydrogen) atoms. The summed E-state index contributed by atoms with van der Waals surface area (Å²) in [7, 11) is 0. The van der Waals surface area contributed by atoms with E-state index in [1.54, 1.807) is 29.2 Å². The summed E-state index contributed by atoms with van der Waals surface area (Å²) in [4.78, 5) is 13.4. The molecule has 0 fully saturated rings. The van der Waals surface area contributed by atoms with E-state index in [1.807, 2.05) is 26.0 Å². The Balaban J connectivity index is 2.70. The molecule has 0 saturated heterocycles. The van der Waals surface area contributed by atoms with Crippen LogP contribution in [-0.2, 0) is 4.79 Å². The van der Waals surface area contributed by atoms with E-state index in [0.717, 1.165) is 5.56 Å². The minimum absolute atomic E-state index is 0.0133. The molecule has 88 valence electrons. The topological polar surface area (TPSA) is 44.1 Å². The van der Waals surface area contributed by atoms with Crippen molar-refractivity contribution in [3.05, 3.63) is 41.5 Å². The van der Waals surface area contributed by atoms with Gasteiger partial charge < -0.3 is 4.90 Å². The molecule has 0 aliphatic carbocycles. The van der Waals surface area contributed by atoms with Crippen LogP contribution in [0.15, 0.2) is 30.3 Å². The van der Waals surface area contributed by atoms with Crippen molar-refractivity contribution < 1.29 is 4.79 Å². The second-order valence-electron chi connectivity index (χ2n) is 3.58. The van der Waals surface area contributed by atoms with E-state index in [9.17, 15) is 4.79 Å². The Bertz CT molecular complexity index is 436. The van der Waals surface area contributed by atoms with Crippen LogP contribution in [-0.4, -0.2) is 23.9 Å². The van der Waals surface area contributed by atoms with Crippen molar-refractivity contribution in [2.75, 3.05) is 13.1 Å². The fourth-order valence-corrected chi connectivity index (χ4v) is 1.48. The Hall–Kier alpha value is -2.08. The number of nitriles is 1. The third kappa shape index (κ3) is 3.76. The standard InChI is InChI=1S/C14H16N2O/c1-3-16(4-2)14(17)10-9-12-5-7-13(11-15)8-6-12/h5-10H,3-4H2,1-2H3/b10-9+. The number of hydrogen-bond acceptors (Lipinski definition) is 2. The highest BCUT2D eigenvalue weighted by Crippen LogP contribution is 2.05. The molecule has 0 aliphatic heterocycles. The second-order valence-corrected chi connectivity index (χ2v) is 3.58. The monoisotopic (exact) mass is 228 g/mol. The fraction of sp³-hybridized carbons (Fsp3) is 0.286. The Kier molecular flexibility index (Phi) is 4.96. The lowest BCUT2D eigenvalue weighted by atomic mass is 10.1. The van der Waals surface area contributed by atoms with Crippen LogP contribution >= 0.6 is 0 Å². The molecule has 0 radical (unpaired) electrons. The zero-order valence-electron chi connectivity index (χ0n) is 10.2. The molecular formula is C14H16N2O. The van der Waals surface area contributed by atoms with Gasteiger partial charge in [-0.05, 0) is 37.6 Å². The SMILES string of the molecule is CCN(CC)C(=O)/C=C/c1ccc(C#N)cc1. The van der Waals surface area contributed by atoms with Gasteiger partial charge in [0.15, 0.2) is 0 Å². The van der Waals surface area contributed by atoms with Gasteiger partial charge in [0.05, 0.1) is 11.6 Å². The number of carbonyl (C=O) groups is 1. The van der Waals surface area contributed by atoms with Crippen LogP contribution in [0.2, 0.25) is 0 Å². The molecule has 0 atom stereocenters.